The Bertz CT molecular complexity index is 602. The molecule has 0 aliphatic rings. The molecular weight excluding hydrogens is 316 g/mol. The molecule has 140 valence electrons. The van der Waals surface area contributed by atoms with E-state index in [0.717, 1.165) is 48.8 Å². The van der Waals surface area contributed by atoms with Crippen molar-refractivity contribution in [3.05, 3.63) is 33.9 Å². The van der Waals surface area contributed by atoms with Crippen LogP contribution in [0, 0.1) is 12.8 Å². The number of rotatable bonds is 10. The molecule has 4 nitrogen and oxygen atoms in total. The molecule has 25 heavy (non-hydrogen) atoms. The average molecular weight is 348 g/mol. The number of carboxylic acids is 1. The summed E-state index contributed by atoms with van der Waals surface area (Å²) in [5.41, 5.74) is 3.14. The van der Waals surface area contributed by atoms with Gasteiger partial charge in [-0.3, -0.25) is 0 Å². The van der Waals surface area contributed by atoms with Gasteiger partial charge in [-0.2, -0.15) is 0 Å². The molecule has 0 fully saturated rings. The number of hydrogen-bond donors (Lipinski definition) is 1. The third-order valence-corrected chi connectivity index (χ3v) is 4.50. The summed E-state index contributed by atoms with van der Waals surface area (Å²) in [5, 5.41) is 9.78. The summed E-state index contributed by atoms with van der Waals surface area (Å²) in [6.07, 6.45) is 5.09. The maximum Gasteiger partial charge on any atom is 0.339 e. The molecule has 1 aromatic rings. The second-order valence-electron chi connectivity index (χ2n) is 7.01. The summed E-state index contributed by atoms with van der Waals surface area (Å²) in [5.74, 6) is -1.000. The second kappa shape index (κ2) is 10.2. The van der Waals surface area contributed by atoms with Crippen LogP contribution in [0.25, 0.3) is 0 Å². The normalized spacial score (nSPS) is 11.0. The smallest absolute Gasteiger partial charge is 0.339 e. The first-order valence-corrected chi connectivity index (χ1v) is 9.39. The number of benzene rings is 1. The molecule has 0 radical (unpaired) electrons. The van der Waals surface area contributed by atoms with Crippen LogP contribution in [-0.2, 0) is 17.6 Å². The topological polar surface area (TPSA) is 63.6 Å². The maximum absolute atomic E-state index is 12.4. The molecular formula is C21H32O4. The van der Waals surface area contributed by atoms with Crippen molar-refractivity contribution in [2.75, 3.05) is 6.61 Å². The van der Waals surface area contributed by atoms with Gasteiger partial charge in [-0.25, -0.2) is 9.59 Å². The van der Waals surface area contributed by atoms with Crippen LogP contribution in [0.2, 0.25) is 0 Å². The minimum Gasteiger partial charge on any atom is -0.478 e. The first-order valence-electron chi connectivity index (χ1n) is 9.39. The maximum atomic E-state index is 12.4. The van der Waals surface area contributed by atoms with Crippen molar-refractivity contribution in [3.63, 3.8) is 0 Å². The number of esters is 1. The number of ether oxygens (including phenoxy) is 1. The molecule has 0 unspecified atom stereocenters. The van der Waals surface area contributed by atoms with Gasteiger partial charge in [-0.05, 0) is 61.3 Å². The van der Waals surface area contributed by atoms with Gasteiger partial charge in [0.15, 0.2) is 0 Å². The summed E-state index contributed by atoms with van der Waals surface area (Å²) in [6, 6.07) is 1.68. The van der Waals surface area contributed by atoms with Crippen molar-refractivity contribution in [2.24, 2.45) is 5.92 Å². The zero-order valence-electron chi connectivity index (χ0n) is 16.3. The molecule has 0 aliphatic carbocycles. The molecule has 0 saturated heterocycles. The molecule has 0 amide bonds. The number of carbonyl (C=O) groups is 2. The van der Waals surface area contributed by atoms with E-state index in [2.05, 4.69) is 13.8 Å². The van der Waals surface area contributed by atoms with Crippen LogP contribution >= 0.6 is 0 Å². The minimum atomic E-state index is -1.04. The average Bonchev–Trinajstić information content (AvgIpc) is 2.53. The van der Waals surface area contributed by atoms with Gasteiger partial charge in [0.05, 0.1) is 17.7 Å². The largest absolute Gasteiger partial charge is 0.478 e. The highest BCUT2D eigenvalue weighted by Crippen LogP contribution is 2.27. The monoisotopic (exact) mass is 348 g/mol. The van der Waals surface area contributed by atoms with Crippen molar-refractivity contribution >= 4 is 11.9 Å². The van der Waals surface area contributed by atoms with Crippen molar-refractivity contribution < 1.29 is 19.4 Å². The fourth-order valence-electron chi connectivity index (χ4n) is 3.17. The van der Waals surface area contributed by atoms with E-state index in [-0.39, 0.29) is 11.1 Å². The fourth-order valence-corrected chi connectivity index (χ4v) is 3.17. The lowest BCUT2D eigenvalue weighted by Gasteiger charge is -2.18. The standard InChI is InChI=1S/C21H32O4/c1-6-8-12-25-21(24)18-13-15(5)16(7-2)17(19(18)20(22)23)11-9-10-14(3)4/h13-14H,6-12H2,1-5H3,(H,22,23). The molecule has 1 N–H and O–H groups in total. The summed E-state index contributed by atoms with van der Waals surface area (Å²) >= 11 is 0. The van der Waals surface area contributed by atoms with Crippen LogP contribution in [0.4, 0.5) is 0 Å². The molecule has 0 aliphatic heterocycles. The van der Waals surface area contributed by atoms with Gasteiger partial charge in [0, 0.05) is 0 Å². The Morgan fingerprint density at radius 3 is 2.36 bits per heavy atom. The Morgan fingerprint density at radius 2 is 1.84 bits per heavy atom. The second-order valence-corrected chi connectivity index (χ2v) is 7.01. The summed E-state index contributed by atoms with van der Waals surface area (Å²) in [6.45, 7) is 10.6. The minimum absolute atomic E-state index is 0.132. The van der Waals surface area contributed by atoms with Gasteiger partial charge >= 0.3 is 11.9 Å². The molecule has 0 saturated carbocycles. The van der Waals surface area contributed by atoms with E-state index in [1.165, 1.54) is 0 Å². The van der Waals surface area contributed by atoms with E-state index < -0.39 is 11.9 Å². The van der Waals surface area contributed by atoms with Crippen LogP contribution < -0.4 is 0 Å². The highest BCUT2D eigenvalue weighted by molar-refractivity contribution is 6.04. The molecule has 1 aromatic carbocycles. The molecule has 1 rings (SSSR count). The highest BCUT2D eigenvalue weighted by Gasteiger charge is 2.25. The summed E-state index contributed by atoms with van der Waals surface area (Å²) < 4.78 is 5.28. The van der Waals surface area contributed by atoms with E-state index in [9.17, 15) is 14.7 Å². The first-order chi connectivity index (χ1) is 11.8. The fraction of sp³-hybridized carbons (Fsp3) is 0.619. The quantitative estimate of drug-likeness (QED) is 0.467. The number of aromatic carboxylic acids is 1. The Morgan fingerprint density at radius 1 is 1.16 bits per heavy atom. The number of hydrogen-bond acceptors (Lipinski definition) is 3. The van der Waals surface area contributed by atoms with Gasteiger partial charge in [0.25, 0.3) is 0 Å². The van der Waals surface area contributed by atoms with Crippen LogP contribution in [0.3, 0.4) is 0 Å². The predicted molar refractivity (Wildman–Crippen MR) is 100 cm³/mol. The Hall–Kier alpha value is -1.84. The van der Waals surface area contributed by atoms with Gasteiger partial charge in [-0.15, -0.1) is 0 Å². The third kappa shape index (κ3) is 5.87. The Balaban J connectivity index is 3.30. The molecule has 0 aromatic heterocycles. The van der Waals surface area contributed by atoms with Gasteiger partial charge in [0.1, 0.15) is 0 Å². The van der Waals surface area contributed by atoms with E-state index in [4.69, 9.17) is 4.74 Å². The number of carbonyl (C=O) groups excluding carboxylic acids is 1. The van der Waals surface area contributed by atoms with Crippen LogP contribution in [0.1, 0.15) is 90.8 Å². The SMILES string of the molecule is CCCCOC(=O)c1cc(C)c(CC)c(CCCC(C)C)c1C(=O)O. The summed E-state index contributed by atoms with van der Waals surface area (Å²) in [4.78, 5) is 24.4. The highest BCUT2D eigenvalue weighted by atomic mass is 16.5. The van der Waals surface area contributed by atoms with Crippen LogP contribution in [0.5, 0.6) is 0 Å². The van der Waals surface area contributed by atoms with E-state index in [0.29, 0.717) is 18.9 Å². The van der Waals surface area contributed by atoms with E-state index >= 15 is 0 Å². The molecule has 0 bridgehead atoms. The third-order valence-electron chi connectivity index (χ3n) is 4.50. The number of unbranched alkanes of at least 4 members (excludes halogenated alkanes) is 1. The molecule has 0 spiro atoms. The van der Waals surface area contributed by atoms with Gasteiger partial charge in [-0.1, -0.05) is 40.5 Å². The van der Waals surface area contributed by atoms with Crippen molar-refractivity contribution in [1.29, 1.82) is 0 Å². The van der Waals surface area contributed by atoms with Crippen molar-refractivity contribution in [1.82, 2.24) is 0 Å². The number of aryl methyl sites for hydroxylation is 1. The van der Waals surface area contributed by atoms with Crippen molar-refractivity contribution in [3.8, 4) is 0 Å². The van der Waals surface area contributed by atoms with Crippen LogP contribution in [-0.4, -0.2) is 23.7 Å². The number of carboxylic acid groups (broad SMARTS) is 1. The van der Waals surface area contributed by atoms with Gasteiger partial charge < -0.3 is 9.84 Å². The first kappa shape index (κ1) is 21.2. The van der Waals surface area contributed by atoms with Crippen LogP contribution in [0.15, 0.2) is 6.07 Å². The van der Waals surface area contributed by atoms with Crippen molar-refractivity contribution in [2.45, 2.75) is 73.1 Å². The zero-order valence-corrected chi connectivity index (χ0v) is 16.3. The van der Waals surface area contributed by atoms with E-state index in [1.807, 2.05) is 20.8 Å². The predicted octanol–water partition coefficient (Wildman–Crippen LogP) is 5.19. The Labute approximate surface area is 151 Å². The summed E-state index contributed by atoms with van der Waals surface area (Å²) in [7, 11) is 0. The van der Waals surface area contributed by atoms with E-state index in [1.54, 1.807) is 6.07 Å². The lowest BCUT2D eigenvalue weighted by Crippen LogP contribution is -2.17. The molecule has 0 heterocycles. The lowest BCUT2D eigenvalue weighted by atomic mass is 9.87. The lowest BCUT2D eigenvalue weighted by molar-refractivity contribution is 0.0489. The van der Waals surface area contributed by atoms with Gasteiger partial charge in [0.2, 0.25) is 0 Å². The molecule has 4 heteroatoms. The Kier molecular flexibility index (Phi) is 8.67. The zero-order chi connectivity index (χ0) is 19.0. The molecule has 0 atom stereocenters.